The van der Waals surface area contributed by atoms with Crippen molar-refractivity contribution in [3.05, 3.63) is 35.4 Å². The molecule has 6 heteroatoms. The van der Waals surface area contributed by atoms with Crippen LogP contribution >= 0.6 is 0 Å². The fourth-order valence-electron chi connectivity index (χ4n) is 2.80. The van der Waals surface area contributed by atoms with Crippen molar-refractivity contribution in [1.29, 1.82) is 0 Å². The minimum Gasteiger partial charge on any atom is -0.439 e. The first-order valence-corrected chi connectivity index (χ1v) is 7.66. The van der Waals surface area contributed by atoms with Crippen LogP contribution in [0.1, 0.15) is 36.7 Å². The molecule has 0 radical (unpaired) electrons. The van der Waals surface area contributed by atoms with Crippen molar-refractivity contribution in [3.63, 3.8) is 0 Å². The molecule has 0 bridgehead atoms. The Hall–Kier alpha value is -2.37. The highest BCUT2D eigenvalue weighted by Crippen LogP contribution is 2.24. The van der Waals surface area contributed by atoms with E-state index in [4.69, 9.17) is 4.74 Å². The lowest BCUT2D eigenvalue weighted by Gasteiger charge is -2.42. The van der Waals surface area contributed by atoms with Gasteiger partial charge < -0.3 is 9.64 Å². The van der Waals surface area contributed by atoms with E-state index in [1.165, 1.54) is 5.56 Å². The number of imide groups is 1. The Morgan fingerprint density at radius 2 is 1.74 bits per heavy atom. The molecule has 2 fully saturated rings. The summed E-state index contributed by atoms with van der Waals surface area (Å²) < 4.78 is 4.69. The zero-order valence-corrected chi connectivity index (χ0v) is 13.5. The number of rotatable bonds is 2. The van der Waals surface area contributed by atoms with E-state index in [0.717, 1.165) is 4.90 Å². The van der Waals surface area contributed by atoms with Gasteiger partial charge in [0.05, 0.1) is 6.04 Å². The van der Waals surface area contributed by atoms with Gasteiger partial charge in [-0.05, 0) is 23.1 Å². The number of nitrogens with zero attached hydrogens (tertiary/aromatic N) is 2. The van der Waals surface area contributed by atoms with E-state index in [-0.39, 0.29) is 29.9 Å². The van der Waals surface area contributed by atoms with Crippen molar-refractivity contribution in [3.8, 4) is 0 Å². The minimum absolute atomic E-state index is 0.0416. The van der Waals surface area contributed by atoms with E-state index in [9.17, 15) is 14.4 Å². The van der Waals surface area contributed by atoms with E-state index < -0.39 is 6.09 Å². The van der Waals surface area contributed by atoms with Gasteiger partial charge in [-0.25, -0.2) is 9.69 Å². The largest absolute Gasteiger partial charge is 0.439 e. The highest BCUT2D eigenvalue weighted by atomic mass is 16.6. The highest BCUT2D eigenvalue weighted by molar-refractivity contribution is 5.99. The molecule has 0 spiro atoms. The molecule has 0 aromatic heterocycles. The summed E-state index contributed by atoms with van der Waals surface area (Å²) in [6, 6.07) is 7.31. The molecule has 0 aliphatic carbocycles. The Morgan fingerprint density at radius 1 is 1.13 bits per heavy atom. The van der Waals surface area contributed by atoms with Gasteiger partial charge in [0.25, 0.3) is 11.8 Å². The zero-order chi connectivity index (χ0) is 16.8. The van der Waals surface area contributed by atoms with Crippen LogP contribution in [0.2, 0.25) is 0 Å². The van der Waals surface area contributed by atoms with Gasteiger partial charge in [0, 0.05) is 18.7 Å². The van der Waals surface area contributed by atoms with Gasteiger partial charge in [-0.15, -0.1) is 0 Å². The molecule has 6 nitrogen and oxygen atoms in total. The van der Waals surface area contributed by atoms with Crippen LogP contribution in [-0.2, 0) is 14.9 Å². The summed E-state index contributed by atoms with van der Waals surface area (Å²) in [6.45, 7) is 6.89. The second-order valence-electron chi connectivity index (χ2n) is 7.01. The number of benzene rings is 1. The normalized spacial score (nSPS) is 18.9. The van der Waals surface area contributed by atoms with Crippen molar-refractivity contribution in [2.24, 2.45) is 0 Å². The number of hydrogen-bond acceptors (Lipinski definition) is 4. The lowest BCUT2D eigenvalue weighted by molar-refractivity contribution is -0.129. The fourth-order valence-corrected chi connectivity index (χ4v) is 2.80. The van der Waals surface area contributed by atoms with E-state index >= 15 is 0 Å². The third-order valence-corrected chi connectivity index (χ3v) is 4.30. The van der Waals surface area contributed by atoms with Crippen LogP contribution in [0.15, 0.2) is 24.3 Å². The first-order chi connectivity index (χ1) is 10.8. The molecule has 3 amide bonds. The van der Waals surface area contributed by atoms with Crippen molar-refractivity contribution in [1.82, 2.24) is 9.80 Å². The molecule has 0 atom stereocenters. The molecule has 0 N–H and O–H groups in total. The Balaban J connectivity index is 1.63. The molecular formula is C17H20N2O4. The van der Waals surface area contributed by atoms with Crippen LogP contribution in [0.4, 0.5) is 4.79 Å². The summed E-state index contributed by atoms with van der Waals surface area (Å²) in [7, 11) is 0. The predicted octanol–water partition coefficient (Wildman–Crippen LogP) is 1.79. The monoisotopic (exact) mass is 316 g/mol. The van der Waals surface area contributed by atoms with Gasteiger partial charge in [0.15, 0.2) is 6.61 Å². The maximum atomic E-state index is 12.4. The molecule has 3 rings (SSSR count). The van der Waals surface area contributed by atoms with Gasteiger partial charge in [0.2, 0.25) is 0 Å². The molecule has 23 heavy (non-hydrogen) atoms. The van der Waals surface area contributed by atoms with E-state index in [1.54, 1.807) is 4.90 Å². The lowest BCUT2D eigenvalue weighted by Crippen LogP contribution is -2.62. The summed E-state index contributed by atoms with van der Waals surface area (Å²) in [5.74, 6) is -0.414. The molecule has 1 aromatic carbocycles. The Labute approximate surface area is 135 Å². The molecule has 0 saturated carbocycles. The molecule has 2 aliphatic rings. The van der Waals surface area contributed by atoms with Crippen LogP contribution in [-0.4, -0.2) is 53.4 Å². The molecule has 0 unspecified atom stereocenters. The SMILES string of the molecule is CC(C)(C)c1ccc(C(=O)N2CC(N3C(=O)COC3=O)C2)cc1. The molecule has 2 saturated heterocycles. The van der Waals surface area contributed by atoms with Gasteiger partial charge >= 0.3 is 6.09 Å². The second kappa shape index (κ2) is 5.37. The van der Waals surface area contributed by atoms with Crippen LogP contribution < -0.4 is 0 Å². The van der Waals surface area contributed by atoms with Crippen LogP contribution in [0.3, 0.4) is 0 Å². The topological polar surface area (TPSA) is 66.9 Å². The lowest BCUT2D eigenvalue weighted by atomic mass is 9.86. The van der Waals surface area contributed by atoms with Crippen LogP contribution in [0, 0.1) is 0 Å². The smallest absolute Gasteiger partial charge is 0.417 e. The van der Waals surface area contributed by atoms with Crippen LogP contribution in [0.25, 0.3) is 0 Å². The number of hydrogen-bond donors (Lipinski definition) is 0. The minimum atomic E-state index is -0.610. The number of ether oxygens (including phenoxy) is 1. The Bertz CT molecular complexity index is 638. The standard InChI is InChI=1S/C17H20N2O4/c1-17(2,3)12-6-4-11(5-7-12)15(21)18-8-13(9-18)19-14(20)10-23-16(19)22/h4-7,13H,8-10H2,1-3H3. The number of carbonyl (C=O) groups is 3. The van der Waals surface area contributed by atoms with Crippen molar-refractivity contribution in [2.45, 2.75) is 32.2 Å². The zero-order valence-electron chi connectivity index (χ0n) is 13.5. The molecule has 2 aliphatic heterocycles. The third kappa shape index (κ3) is 2.81. The molecule has 2 heterocycles. The number of cyclic esters (lactones) is 1. The van der Waals surface area contributed by atoms with Gasteiger partial charge in [-0.2, -0.15) is 0 Å². The summed E-state index contributed by atoms with van der Waals surface area (Å²) in [6.07, 6.45) is -0.610. The van der Waals surface area contributed by atoms with Gasteiger partial charge in [-0.1, -0.05) is 32.9 Å². The van der Waals surface area contributed by atoms with Crippen molar-refractivity contribution >= 4 is 17.9 Å². The third-order valence-electron chi connectivity index (χ3n) is 4.30. The van der Waals surface area contributed by atoms with Gasteiger partial charge in [-0.3, -0.25) is 9.59 Å². The second-order valence-corrected chi connectivity index (χ2v) is 7.01. The van der Waals surface area contributed by atoms with Gasteiger partial charge in [0.1, 0.15) is 0 Å². The average molecular weight is 316 g/mol. The van der Waals surface area contributed by atoms with E-state index in [1.807, 2.05) is 24.3 Å². The van der Waals surface area contributed by atoms with Crippen molar-refractivity contribution < 1.29 is 19.1 Å². The quantitative estimate of drug-likeness (QED) is 0.834. The Morgan fingerprint density at radius 3 is 2.22 bits per heavy atom. The molecular weight excluding hydrogens is 296 g/mol. The van der Waals surface area contributed by atoms with E-state index in [0.29, 0.717) is 18.7 Å². The maximum absolute atomic E-state index is 12.4. The highest BCUT2D eigenvalue weighted by Gasteiger charge is 2.44. The summed E-state index contributed by atoms with van der Waals surface area (Å²) >= 11 is 0. The average Bonchev–Trinajstić information content (AvgIpc) is 2.77. The summed E-state index contributed by atoms with van der Waals surface area (Å²) in [5, 5.41) is 0. The van der Waals surface area contributed by atoms with Crippen molar-refractivity contribution in [2.75, 3.05) is 19.7 Å². The summed E-state index contributed by atoms with van der Waals surface area (Å²) in [4.78, 5) is 38.2. The molecule has 122 valence electrons. The first-order valence-electron chi connectivity index (χ1n) is 7.66. The number of amides is 3. The first kappa shape index (κ1) is 15.5. The predicted molar refractivity (Wildman–Crippen MR) is 83.0 cm³/mol. The van der Waals surface area contributed by atoms with E-state index in [2.05, 4.69) is 20.8 Å². The van der Waals surface area contributed by atoms with Crippen LogP contribution in [0.5, 0.6) is 0 Å². The summed E-state index contributed by atoms with van der Waals surface area (Å²) in [5.41, 5.74) is 1.83. The number of likely N-dealkylation sites (tertiary alicyclic amines) is 1. The maximum Gasteiger partial charge on any atom is 0.417 e. The number of carbonyl (C=O) groups excluding carboxylic acids is 3. The Kier molecular flexibility index (Phi) is 3.62. The molecule has 1 aromatic rings. The fraction of sp³-hybridized carbons (Fsp3) is 0.471.